The Labute approximate surface area is 83.2 Å². The molecule has 6 N–H and O–H groups in total. The quantitative estimate of drug-likeness (QED) is 0.522. The van der Waals surface area contributed by atoms with Crippen molar-refractivity contribution in [1.29, 1.82) is 0 Å². The predicted molar refractivity (Wildman–Crippen MR) is 54.4 cm³/mol. The van der Waals surface area contributed by atoms with Gasteiger partial charge >= 0.3 is 0 Å². The molecule has 0 radical (unpaired) electrons. The van der Waals surface area contributed by atoms with Crippen LogP contribution in [0.5, 0.6) is 0 Å². The minimum atomic E-state index is -0.959. The van der Waals surface area contributed by atoms with Gasteiger partial charge in [-0.3, -0.25) is 0 Å². The molecule has 0 saturated carbocycles. The van der Waals surface area contributed by atoms with E-state index < -0.39 is 12.2 Å². The van der Waals surface area contributed by atoms with Crippen LogP contribution in [0.15, 0.2) is 24.3 Å². The maximum absolute atomic E-state index is 9.72. The highest BCUT2D eigenvalue weighted by molar-refractivity contribution is 5.29. The van der Waals surface area contributed by atoms with Crippen molar-refractivity contribution < 1.29 is 10.2 Å². The number of benzene rings is 1. The third-order valence-electron chi connectivity index (χ3n) is 2.20. The topological polar surface area (TPSA) is 92.5 Å². The molecule has 0 heterocycles. The maximum Gasteiger partial charge on any atom is 0.106 e. The summed E-state index contributed by atoms with van der Waals surface area (Å²) in [5.74, 6) is 0. The second-order valence-corrected chi connectivity index (χ2v) is 3.15. The minimum absolute atomic E-state index is 0.0278. The van der Waals surface area contributed by atoms with Gasteiger partial charge in [-0.05, 0) is 11.1 Å². The lowest BCUT2D eigenvalue weighted by atomic mass is 9.99. The van der Waals surface area contributed by atoms with Gasteiger partial charge in [0.25, 0.3) is 0 Å². The number of hydrogen-bond donors (Lipinski definition) is 4. The predicted octanol–water partition coefficient (Wildman–Crippen LogP) is -0.502. The summed E-state index contributed by atoms with van der Waals surface area (Å²) in [4.78, 5) is 0. The number of aliphatic hydroxyl groups is 2. The first-order valence-corrected chi connectivity index (χ1v) is 4.54. The van der Waals surface area contributed by atoms with Gasteiger partial charge in [-0.15, -0.1) is 0 Å². The molecule has 4 nitrogen and oxygen atoms in total. The van der Waals surface area contributed by atoms with Crippen molar-refractivity contribution in [1.82, 2.24) is 0 Å². The van der Waals surface area contributed by atoms with Crippen molar-refractivity contribution >= 4 is 0 Å². The molecule has 78 valence electrons. The minimum Gasteiger partial charge on any atom is -0.389 e. The first-order valence-electron chi connectivity index (χ1n) is 4.54. The Balaban J connectivity index is 2.93. The average Bonchev–Trinajstić information content (AvgIpc) is 2.26. The lowest BCUT2D eigenvalue weighted by Gasteiger charge is -2.18. The van der Waals surface area contributed by atoms with Crippen LogP contribution in [0.2, 0.25) is 0 Å². The van der Waals surface area contributed by atoms with Gasteiger partial charge < -0.3 is 21.7 Å². The van der Waals surface area contributed by atoms with Crippen LogP contribution in [0.3, 0.4) is 0 Å². The summed E-state index contributed by atoms with van der Waals surface area (Å²) in [7, 11) is 0. The van der Waals surface area contributed by atoms with Crippen LogP contribution < -0.4 is 11.5 Å². The molecule has 4 heteroatoms. The Kier molecular flexibility index (Phi) is 4.03. The molecule has 1 rings (SSSR count). The fraction of sp³-hybridized carbons (Fsp3) is 0.400. The molecule has 2 atom stereocenters. The Bertz CT molecular complexity index is 291. The number of rotatable bonds is 4. The van der Waals surface area contributed by atoms with E-state index in [-0.39, 0.29) is 6.54 Å². The summed E-state index contributed by atoms with van der Waals surface area (Å²) in [6.45, 7) is 0.366. The molecule has 0 fully saturated rings. The summed E-state index contributed by atoms with van der Waals surface area (Å²) in [6, 6.07) is 7.20. The molecular formula is C10H16N2O2. The van der Waals surface area contributed by atoms with E-state index >= 15 is 0 Å². The third kappa shape index (κ3) is 2.30. The van der Waals surface area contributed by atoms with Gasteiger partial charge in [-0.2, -0.15) is 0 Å². The second-order valence-electron chi connectivity index (χ2n) is 3.15. The molecule has 0 aliphatic carbocycles. The molecular weight excluding hydrogens is 180 g/mol. The van der Waals surface area contributed by atoms with E-state index in [1.807, 2.05) is 12.1 Å². The van der Waals surface area contributed by atoms with Gasteiger partial charge in [0.05, 0.1) is 6.10 Å². The van der Waals surface area contributed by atoms with E-state index in [9.17, 15) is 10.2 Å². The van der Waals surface area contributed by atoms with Crippen LogP contribution in [-0.4, -0.2) is 22.9 Å². The zero-order chi connectivity index (χ0) is 10.6. The van der Waals surface area contributed by atoms with Gasteiger partial charge in [0.1, 0.15) is 6.10 Å². The van der Waals surface area contributed by atoms with E-state index in [1.165, 1.54) is 0 Å². The summed E-state index contributed by atoms with van der Waals surface area (Å²) >= 11 is 0. The van der Waals surface area contributed by atoms with Crippen LogP contribution in [0.4, 0.5) is 0 Å². The van der Waals surface area contributed by atoms with E-state index in [0.29, 0.717) is 12.1 Å². The smallest absolute Gasteiger partial charge is 0.106 e. The SMILES string of the molecule is NCc1ccccc1C(O)C(O)CN. The lowest BCUT2D eigenvalue weighted by Crippen LogP contribution is -2.28. The van der Waals surface area contributed by atoms with Crippen molar-refractivity contribution in [3.8, 4) is 0 Å². The molecule has 2 unspecified atom stereocenters. The van der Waals surface area contributed by atoms with E-state index in [4.69, 9.17) is 11.5 Å². The summed E-state index contributed by atoms with van der Waals surface area (Å²) in [6.07, 6.45) is -1.90. The molecule has 0 aliphatic rings. The number of hydrogen-bond acceptors (Lipinski definition) is 4. The molecule has 0 amide bonds. The number of nitrogens with two attached hydrogens (primary N) is 2. The van der Waals surface area contributed by atoms with Crippen LogP contribution in [0.1, 0.15) is 17.2 Å². The highest BCUT2D eigenvalue weighted by Crippen LogP contribution is 2.20. The summed E-state index contributed by atoms with van der Waals surface area (Å²) < 4.78 is 0. The first-order chi connectivity index (χ1) is 6.70. The molecule has 14 heavy (non-hydrogen) atoms. The second kappa shape index (κ2) is 5.07. The van der Waals surface area contributed by atoms with E-state index in [1.54, 1.807) is 12.1 Å². The van der Waals surface area contributed by atoms with Gasteiger partial charge in [-0.25, -0.2) is 0 Å². The van der Waals surface area contributed by atoms with E-state index in [0.717, 1.165) is 5.56 Å². The summed E-state index contributed by atoms with van der Waals surface area (Å²) in [5, 5.41) is 19.1. The first kappa shape index (κ1) is 11.1. The van der Waals surface area contributed by atoms with Crippen LogP contribution in [0, 0.1) is 0 Å². The molecule has 1 aromatic carbocycles. The largest absolute Gasteiger partial charge is 0.389 e. The highest BCUT2D eigenvalue weighted by Gasteiger charge is 2.18. The number of aliphatic hydroxyl groups excluding tert-OH is 2. The highest BCUT2D eigenvalue weighted by atomic mass is 16.3. The van der Waals surface area contributed by atoms with Gasteiger partial charge in [-0.1, -0.05) is 24.3 Å². The molecule has 0 aromatic heterocycles. The van der Waals surface area contributed by atoms with Crippen molar-refractivity contribution in [3.05, 3.63) is 35.4 Å². The van der Waals surface area contributed by atoms with Gasteiger partial charge in [0.15, 0.2) is 0 Å². The van der Waals surface area contributed by atoms with E-state index in [2.05, 4.69) is 0 Å². The third-order valence-corrected chi connectivity index (χ3v) is 2.20. The summed E-state index contributed by atoms with van der Waals surface area (Å²) in [5.41, 5.74) is 12.2. The van der Waals surface area contributed by atoms with Crippen molar-refractivity contribution in [2.75, 3.05) is 6.54 Å². The monoisotopic (exact) mass is 196 g/mol. The maximum atomic E-state index is 9.72. The van der Waals surface area contributed by atoms with Crippen molar-refractivity contribution in [3.63, 3.8) is 0 Å². The fourth-order valence-electron chi connectivity index (χ4n) is 1.34. The molecule has 0 bridgehead atoms. The molecule has 0 spiro atoms. The Hall–Kier alpha value is -0.940. The zero-order valence-corrected chi connectivity index (χ0v) is 7.93. The Morgan fingerprint density at radius 3 is 2.36 bits per heavy atom. The average molecular weight is 196 g/mol. The van der Waals surface area contributed by atoms with Crippen molar-refractivity contribution in [2.45, 2.75) is 18.8 Å². The lowest BCUT2D eigenvalue weighted by molar-refractivity contribution is 0.0238. The van der Waals surface area contributed by atoms with Gasteiger partial charge in [0.2, 0.25) is 0 Å². The fourth-order valence-corrected chi connectivity index (χ4v) is 1.34. The zero-order valence-electron chi connectivity index (χ0n) is 7.93. The molecule has 1 aromatic rings. The van der Waals surface area contributed by atoms with Crippen molar-refractivity contribution in [2.24, 2.45) is 11.5 Å². The Morgan fingerprint density at radius 2 is 1.79 bits per heavy atom. The normalized spacial score (nSPS) is 15.1. The molecule has 0 saturated heterocycles. The molecule has 0 aliphatic heterocycles. The van der Waals surface area contributed by atoms with Crippen LogP contribution in [-0.2, 0) is 6.54 Å². The Morgan fingerprint density at radius 1 is 1.14 bits per heavy atom. The standard InChI is InChI=1S/C10H16N2O2/c11-5-7-3-1-2-4-8(7)10(14)9(13)6-12/h1-4,9-10,13-14H,5-6,11-12H2. The van der Waals surface area contributed by atoms with Gasteiger partial charge in [0, 0.05) is 13.1 Å². The van der Waals surface area contributed by atoms with Crippen LogP contribution in [0.25, 0.3) is 0 Å². The van der Waals surface area contributed by atoms with Crippen LogP contribution >= 0.6 is 0 Å².